The lowest BCUT2D eigenvalue weighted by Crippen LogP contribution is -2.15. The van der Waals surface area contributed by atoms with Gasteiger partial charge < -0.3 is 4.57 Å². The Balaban J connectivity index is 2.08. The van der Waals surface area contributed by atoms with E-state index in [-0.39, 0.29) is 0 Å². The molecule has 2 heterocycles. The van der Waals surface area contributed by atoms with Crippen molar-refractivity contribution in [3.8, 4) is 11.1 Å². The van der Waals surface area contributed by atoms with Gasteiger partial charge in [0.2, 0.25) is 0 Å². The van der Waals surface area contributed by atoms with Crippen molar-refractivity contribution in [2.24, 2.45) is 7.05 Å². The van der Waals surface area contributed by atoms with Crippen molar-refractivity contribution < 1.29 is 0 Å². The van der Waals surface area contributed by atoms with Crippen LogP contribution in [0.25, 0.3) is 22.0 Å². The zero-order chi connectivity index (χ0) is 13.7. The van der Waals surface area contributed by atoms with Gasteiger partial charge in [-0.05, 0) is 41.4 Å². The van der Waals surface area contributed by atoms with Crippen LogP contribution in [0.2, 0.25) is 0 Å². The molecule has 0 fully saturated rings. The van der Waals surface area contributed by atoms with Crippen LogP contribution in [0, 0.1) is 0 Å². The highest BCUT2D eigenvalue weighted by Gasteiger charge is 2.19. The molecule has 100 valence electrons. The van der Waals surface area contributed by atoms with E-state index < -0.39 is 0 Å². The van der Waals surface area contributed by atoms with Crippen LogP contribution >= 0.6 is 0 Å². The predicted octanol–water partition coefficient (Wildman–Crippen LogP) is 3.79. The molecule has 4 rings (SSSR count). The molecule has 0 bridgehead atoms. The first-order chi connectivity index (χ1) is 9.74. The first-order valence-corrected chi connectivity index (χ1v) is 7.08. The second-order valence-corrected chi connectivity index (χ2v) is 5.78. The summed E-state index contributed by atoms with van der Waals surface area (Å²) in [4.78, 5) is 2.40. The third-order valence-electron chi connectivity index (χ3n) is 4.35. The van der Waals surface area contributed by atoms with E-state index >= 15 is 0 Å². The molecular weight excluding hydrogens is 244 g/mol. The van der Waals surface area contributed by atoms with E-state index in [2.05, 4.69) is 72.2 Å². The lowest BCUT2D eigenvalue weighted by Gasteiger charge is -2.15. The van der Waals surface area contributed by atoms with E-state index in [1.54, 1.807) is 0 Å². The molecule has 20 heavy (non-hydrogen) atoms. The Labute approximate surface area is 119 Å². The van der Waals surface area contributed by atoms with Crippen LogP contribution in [-0.4, -0.2) is 16.5 Å². The van der Waals surface area contributed by atoms with Gasteiger partial charge in [-0.15, -0.1) is 0 Å². The summed E-state index contributed by atoms with van der Waals surface area (Å²) < 4.78 is 2.20. The number of rotatable bonds is 0. The van der Waals surface area contributed by atoms with Crippen molar-refractivity contribution in [3.05, 3.63) is 59.8 Å². The maximum absolute atomic E-state index is 2.40. The van der Waals surface area contributed by atoms with Crippen molar-refractivity contribution in [1.29, 1.82) is 0 Å². The van der Waals surface area contributed by atoms with Gasteiger partial charge in [0.25, 0.3) is 0 Å². The molecule has 1 aromatic heterocycles. The highest BCUT2D eigenvalue weighted by Crippen LogP contribution is 2.36. The number of benzene rings is 2. The molecule has 1 aliphatic heterocycles. The van der Waals surface area contributed by atoms with Crippen molar-refractivity contribution in [2.45, 2.75) is 13.1 Å². The van der Waals surface area contributed by atoms with Gasteiger partial charge in [0.15, 0.2) is 0 Å². The van der Waals surface area contributed by atoms with Crippen LogP contribution in [0.4, 0.5) is 0 Å². The quantitative estimate of drug-likeness (QED) is 0.598. The van der Waals surface area contributed by atoms with Crippen molar-refractivity contribution >= 4 is 10.9 Å². The first-order valence-electron chi connectivity index (χ1n) is 7.08. The fraction of sp³-hybridized carbons (Fsp3) is 0.222. The van der Waals surface area contributed by atoms with Crippen molar-refractivity contribution in [3.63, 3.8) is 0 Å². The minimum atomic E-state index is 1.01. The van der Waals surface area contributed by atoms with E-state index in [9.17, 15) is 0 Å². The Bertz CT molecular complexity index is 798. The molecule has 2 nitrogen and oxygen atoms in total. The SMILES string of the molecule is CN1Cc2ccccc2-c2ccc3c(ccn3C)c2C1. The van der Waals surface area contributed by atoms with Crippen LogP contribution < -0.4 is 0 Å². The van der Waals surface area contributed by atoms with E-state index in [1.165, 1.54) is 33.2 Å². The smallest absolute Gasteiger partial charge is 0.0481 e. The fourth-order valence-corrected chi connectivity index (χ4v) is 3.37. The molecule has 0 amide bonds. The Morgan fingerprint density at radius 1 is 0.850 bits per heavy atom. The van der Waals surface area contributed by atoms with Crippen LogP contribution in [0.15, 0.2) is 48.7 Å². The van der Waals surface area contributed by atoms with Gasteiger partial charge in [0.05, 0.1) is 0 Å². The number of nitrogens with zero attached hydrogens (tertiary/aromatic N) is 2. The van der Waals surface area contributed by atoms with Crippen LogP contribution in [0.3, 0.4) is 0 Å². The molecular formula is C18H18N2. The number of aromatic nitrogens is 1. The summed E-state index contributed by atoms with van der Waals surface area (Å²) in [6.07, 6.45) is 2.15. The van der Waals surface area contributed by atoms with Crippen molar-refractivity contribution in [1.82, 2.24) is 9.47 Å². The van der Waals surface area contributed by atoms with Gasteiger partial charge in [-0.2, -0.15) is 0 Å². The van der Waals surface area contributed by atoms with Gasteiger partial charge in [0, 0.05) is 37.2 Å². The van der Waals surface area contributed by atoms with E-state index in [1.807, 2.05) is 0 Å². The maximum Gasteiger partial charge on any atom is 0.0481 e. The van der Waals surface area contributed by atoms with Gasteiger partial charge >= 0.3 is 0 Å². The van der Waals surface area contributed by atoms with E-state index in [4.69, 9.17) is 0 Å². The number of fused-ring (bicyclic) bond motifs is 5. The van der Waals surface area contributed by atoms with Gasteiger partial charge in [-0.25, -0.2) is 0 Å². The van der Waals surface area contributed by atoms with Gasteiger partial charge in [0.1, 0.15) is 0 Å². The summed E-state index contributed by atoms with van der Waals surface area (Å²) in [5, 5.41) is 1.38. The molecule has 0 saturated heterocycles. The summed E-state index contributed by atoms with van der Waals surface area (Å²) in [5.74, 6) is 0. The largest absolute Gasteiger partial charge is 0.351 e. The minimum Gasteiger partial charge on any atom is -0.351 e. The molecule has 0 radical (unpaired) electrons. The standard InChI is InChI=1S/C18H18N2/c1-19-11-13-5-3-4-6-14(13)15-7-8-18-16(17(15)12-19)9-10-20(18)2/h3-10H,11-12H2,1-2H3. The Kier molecular flexibility index (Phi) is 2.48. The highest BCUT2D eigenvalue weighted by molar-refractivity contribution is 5.91. The Morgan fingerprint density at radius 3 is 2.60 bits per heavy atom. The zero-order valence-corrected chi connectivity index (χ0v) is 11.9. The molecule has 0 atom stereocenters. The van der Waals surface area contributed by atoms with Crippen molar-refractivity contribution in [2.75, 3.05) is 7.05 Å². The highest BCUT2D eigenvalue weighted by atomic mass is 15.1. The molecule has 2 heteroatoms. The Morgan fingerprint density at radius 2 is 1.70 bits per heavy atom. The number of aryl methyl sites for hydroxylation is 1. The minimum absolute atomic E-state index is 1.01. The number of hydrogen-bond acceptors (Lipinski definition) is 1. The second-order valence-electron chi connectivity index (χ2n) is 5.78. The summed E-state index contributed by atoms with van der Waals surface area (Å²) in [5.41, 5.74) is 6.97. The second kappa shape index (κ2) is 4.22. The lowest BCUT2D eigenvalue weighted by atomic mass is 9.95. The molecule has 1 aliphatic rings. The predicted molar refractivity (Wildman–Crippen MR) is 83.5 cm³/mol. The van der Waals surface area contributed by atoms with E-state index in [0.29, 0.717) is 0 Å². The average Bonchev–Trinajstić information content (AvgIpc) is 2.75. The molecule has 0 spiro atoms. The Hall–Kier alpha value is -2.06. The van der Waals surface area contributed by atoms with Crippen LogP contribution in [0.5, 0.6) is 0 Å². The van der Waals surface area contributed by atoms with Crippen LogP contribution in [0.1, 0.15) is 11.1 Å². The monoisotopic (exact) mass is 262 g/mol. The third-order valence-corrected chi connectivity index (χ3v) is 4.35. The molecule has 3 aromatic rings. The molecule has 0 saturated carbocycles. The van der Waals surface area contributed by atoms with Gasteiger partial charge in [-0.1, -0.05) is 30.3 Å². The topological polar surface area (TPSA) is 8.17 Å². The maximum atomic E-state index is 2.40. The number of hydrogen-bond donors (Lipinski definition) is 0. The molecule has 2 aromatic carbocycles. The summed E-state index contributed by atoms with van der Waals surface area (Å²) >= 11 is 0. The molecule has 0 unspecified atom stereocenters. The third kappa shape index (κ3) is 1.61. The molecule has 0 aliphatic carbocycles. The average molecular weight is 262 g/mol. The summed E-state index contributed by atoms with van der Waals surface area (Å²) in [6, 6.07) is 15.6. The zero-order valence-electron chi connectivity index (χ0n) is 11.9. The lowest BCUT2D eigenvalue weighted by molar-refractivity contribution is 0.324. The normalized spacial score (nSPS) is 14.9. The van der Waals surface area contributed by atoms with E-state index in [0.717, 1.165) is 13.1 Å². The molecule has 0 N–H and O–H groups in total. The van der Waals surface area contributed by atoms with Gasteiger partial charge in [-0.3, -0.25) is 4.90 Å². The fourth-order valence-electron chi connectivity index (χ4n) is 3.37. The first kappa shape index (κ1) is 11.7. The van der Waals surface area contributed by atoms with Crippen LogP contribution in [-0.2, 0) is 20.1 Å². The summed E-state index contributed by atoms with van der Waals surface area (Å²) in [7, 11) is 4.32. The summed E-state index contributed by atoms with van der Waals surface area (Å²) in [6.45, 7) is 2.02.